The monoisotopic (exact) mass is 405 g/mol. The third-order valence-corrected chi connectivity index (χ3v) is 5.12. The van der Waals surface area contributed by atoms with Crippen LogP contribution in [-0.2, 0) is 14.3 Å². The first-order valence-electron chi connectivity index (χ1n) is 10.2. The summed E-state index contributed by atoms with van der Waals surface area (Å²) in [5, 5.41) is 4.98. The van der Waals surface area contributed by atoms with Gasteiger partial charge in [0.05, 0.1) is 0 Å². The zero-order valence-corrected chi connectivity index (χ0v) is 17.6. The minimum absolute atomic E-state index is 0.264. The van der Waals surface area contributed by atoms with Crippen molar-refractivity contribution in [1.29, 1.82) is 0 Å². The molecule has 0 aliphatic carbocycles. The van der Waals surface area contributed by atoms with Crippen molar-refractivity contribution in [3.05, 3.63) is 72.3 Å². The Morgan fingerprint density at radius 3 is 2.40 bits per heavy atom. The van der Waals surface area contributed by atoms with Crippen molar-refractivity contribution in [1.82, 2.24) is 0 Å². The molecule has 3 aromatic rings. The molecule has 0 spiro atoms. The van der Waals surface area contributed by atoms with Crippen LogP contribution in [0, 0.1) is 0 Å². The lowest BCUT2D eigenvalue weighted by Crippen LogP contribution is -2.32. The molecule has 0 saturated carbocycles. The van der Waals surface area contributed by atoms with Gasteiger partial charge in [-0.1, -0.05) is 62.4 Å². The Morgan fingerprint density at radius 2 is 1.63 bits per heavy atom. The van der Waals surface area contributed by atoms with E-state index in [4.69, 9.17) is 9.47 Å². The van der Waals surface area contributed by atoms with Gasteiger partial charge >= 0.3 is 5.97 Å². The highest BCUT2D eigenvalue weighted by Crippen LogP contribution is 2.26. The first kappa shape index (κ1) is 21.4. The molecule has 0 aromatic heterocycles. The van der Waals surface area contributed by atoms with Gasteiger partial charge in [0.15, 0.2) is 12.7 Å². The van der Waals surface area contributed by atoms with E-state index in [0.29, 0.717) is 11.7 Å². The standard InChI is InChI=1S/C25H27NO4/c1-4-17(2)22-11-7-8-12-23(22)26-25(28)18(3)30-24(27)16-29-21-14-13-19-9-5-6-10-20(19)15-21/h5-15,17-18H,4,16H2,1-3H3,(H,26,28)/t17-,18-/m1/s1. The number of fused-ring (bicyclic) bond motifs is 1. The molecule has 2 atom stereocenters. The number of ether oxygens (including phenoxy) is 2. The highest BCUT2D eigenvalue weighted by molar-refractivity contribution is 5.95. The van der Waals surface area contributed by atoms with Gasteiger partial charge in [-0.15, -0.1) is 0 Å². The lowest BCUT2D eigenvalue weighted by molar-refractivity contribution is -0.155. The molecule has 0 heterocycles. The number of amides is 1. The summed E-state index contributed by atoms with van der Waals surface area (Å²) < 4.78 is 10.8. The molecule has 0 aliphatic rings. The molecule has 3 aromatic carbocycles. The van der Waals surface area contributed by atoms with Gasteiger partial charge in [0.1, 0.15) is 5.75 Å². The zero-order chi connectivity index (χ0) is 21.5. The van der Waals surface area contributed by atoms with E-state index in [1.54, 1.807) is 13.0 Å². The van der Waals surface area contributed by atoms with E-state index in [1.807, 2.05) is 60.7 Å². The number of rotatable bonds is 8. The molecule has 156 valence electrons. The molecule has 3 rings (SSSR count). The van der Waals surface area contributed by atoms with Crippen LogP contribution in [-0.4, -0.2) is 24.6 Å². The Hall–Kier alpha value is -3.34. The van der Waals surface area contributed by atoms with Crippen LogP contribution < -0.4 is 10.1 Å². The number of carbonyl (C=O) groups excluding carboxylic acids is 2. The number of hydrogen-bond donors (Lipinski definition) is 1. The SMILES string of the molecule is CC[C@@H](C)c1ccccc1NC(=O)[C@@H](C)OC(=O)COc1ccc2ccccc2c1. The zero-order valence-electron chi connectivity index (χ0n) is 17.6. The third-order valence-electron chi connectivity index (χ3n) is 5.12. The predicted octanol–water partition coefficient (Wildman–Crippen LogP) is 5.30. The van der Waals surface area contributed by atoms with Gasteiger partial charge < -0.3 is 14.8 Å². The Morgan fingerprint density at radius 1 is 0.933 bits per heavy atom. The number of para-hydroxylation sites is 1. The number of esters is 1. The second-order valence-corrected chi connectivity index (χ2v) is 7.32. The van der Waals surface area contributed by atoms with Gasteiger partial charge in [-0.3, -0.25) is 4.79 Å². The Labute approximate surface area is 177 Å². The van der Waals surface area contributed by atoms with Crippen LogP contribution in [0.3, 0.4) is 0 Å². The molecule has 0 aliphatic heterocycles. The minimum atomic E-state index is -0.928. The van der Waals surface area contributed by atoms with Crippen molar-refractivity contribution in [3.8, 4) is 5.75 Å². The highest BCUT2D eigenvalue weighted by atomic mass is 16.6. The van der Waals surface area contributed by atoms with E-state index in [2.05, 4.69) is 19.2 Å². The summed E-state index contributed by atoms with van der Waals surface area (Å²) in [5.41, 5.74) is 1.80. The van der Waals surface area contributed by atoms with Crippen LogP contribution in [0.2, 0.25) is 0 Å². The quantitative estimate of drug-likeness (QED) is 0.516. The maximum absolute atomic E-state index is 12.5. The summed E-state index contributed by atoms with van der Waals surface area (Å²) >= 11 is 0. The topological polar surface area (TPSA) is 64.6 Å². The lowest BCUT2D eigenvalue weighted by atomic mass is 9.97. The van der Waals surface area contributed by atoms with Gasteiger partial charge in [0.25, 0.3) is 5.91 Å². The Kier molecular flexibility index (Phi) is 7.07. The molecule has 1 N–H and O–H groups in total. The fourth-order valence-electron chi connectivity index (χ4n) is 3.18. The first-order valence-corrected chi connectivity index (χ1v) is 10.2. The third kappa shape index (κ3) is 5.38. The smallest absolute Gasteiger partial charge is 0.344 e. The van der Waals surface area contributed by atoms with Crippen LogP contribution in [0.25, 0.3) is 10.8 Å². The molecule has 30 heavy (non-hydrogen) atoms. The molecule has 0 fully saturated rings. The van der Waals surface area contributed by atoms with Gasteiger partial charge in [-0.05, 0) is 53.8 Å². The van der Waals surface area contributed by atoms with Crippen molar-refractivity contribution in [2.75, 3.05) is 11.9 Å². The van der Waals surface area contributed by atoms with Crippen molar-refractivity contribution < 1.29 is 19.1 Å². The minimum Gasteiger partial charge on any atom is -0.482 e. The molecule has 0 bridgehead atoms. The molecule has 0 unspecified atom stereocenters. The lowest BCUT2D eigenvalue weighted by Gasteiger charge is -2.18. The molecule has 5 heteroatoms. The largest absolute Gasteiger partial charge is 0.482 e. The van der Waals surface area contributed by atoms with Gasteiger partial charge in [-0.2, -0.15) is 0 Å². The van der Waals surface area contributed by atoms with Gasteiger partial charge in [-0.25, -0.2) is 4.79 Å². The van der Waals surface area contributed by atoms with E-state index >= 15 is 0 Å². The number of anilines is 1. The Balaban J connectivity index is 1.54. The molecule has 0 radical (unpaired) electrons. The number of benzene rings is 3. The fourth-order valence-corrected chi connectivity index (χ4v) is 3.18. The normalized spacial score (nSPS) is 12.8. The second kappa shape index (κ2) is 9.92. The average Bonchev–Trinajstić information content (AvgIpc) is 2.77. The predicted molar refractivity (Wildman–Crippen MR) is 119 cm³/mol. The second-order valence-electron chi connectivity index (χ2n) is 7.32. The van der Waals surface area contributed by atoms with Gasteiger partial charge in [0.2, 0.25) is 0 Å². The summed E-state index contributed by atoms with van der Waals surface area (Å²) in [6.45, 7) is 5.50. The van der Waals surface area contributed by atoms with E-state index < -0.39 is 12.1 Å². The summed E-state index contributed by atoms with van der Waals surface area (Å²) in [6, 6.07) is 21.2. The Bertz CT molecular complexity index is 1030. The first-order chi connectivity index (χ1) is 14.5. The number of nitrogens with one attached hydrogen (secondary N) is 1. The van der Waals surface area contributed by atoms with Crippen LogP contribution in [0.15, 0.2) is 66.7 Å². The summed E-state index contributed by atoms with van der Waals surface area (Å²) in [6.07, 6.45) is 0.0338. The molecule has 1 amide bonds. The molecule has 0 saturated heterocycles. The van der Waals surface area contributed by atoms with Crippen molar-refractivity contribution >= 4 is 28.3 Å². The van der Waals surface area contributed by atoms with Gasteiger partial charge in [0, 0.05) is 5.69 Å². The molecular formula is C25H27NO4. The summed E-state index contributed by atoms with van der Waals surface area (Å²) in [4.78, 5) is 24.6. The van der Waals surface area contributed by atoms with E-state index in [1.165, 1.54) is 0 Å². The fraction of sp³-hybridized carbons (Fsp3) is 0.280. The highest BCUT2D eigenvalue weighted by Gasteiger charge is 2.20. The maximum atomic E-state index is 12.5. The maximum Gasteiger partial charge on any atom is 0.344 e. The molecule has 5 nitrogen and oxygen atoms in total. The average molecular weight is 405 g/mol. The molecular weight excluding hydrogens is 378 g/mol. The van der Waals surface area contributed by atoms with Crippen LogP contribution in [0.1, 0.15) is 38.7 Å². The van der Waals surface area contributed by atoms with E-state index in [0.717, 1.165) is 28.4 Å². The number of hydrogen-bond acceptors (Lipinski definition) is 4. The van der Waals surface area contributed by atoms with E-state index in [9.17, 15) is 9.59 Å². The van der Waals surface area contributed by atoms with Crippen LogP contribution >= 0.6 is 0 Å². The number of carbonyl (C=O) groups is 2. The van der Waals surface area contributed by atoms with Crippen molar-refractivity contribution in [2.45, 2.75) is 39.2 Å². The van der Waals surface area contributed by atoms with Crippen LogP contribution in [0.4, 0.5) is 5.69 Å². The van der Waals surface area contributed by atoms with Crippen molar-refractivity contribution in [3.63, 3.8) is 0 Å². The van der Waals surface area contributed by atoms with Crippen molar-refractivity contribution in [2.24, 2.45) is 0 Å². The summed E-state index contributed by atoms with van der Waals surface area (Å²) in [5.74, 6) is -0.0780. The summed E-state index contributed by atoms with van der Waals surface area (Å²) in [7, 11) is 0. The van der Waals surface area contributed by atoms with Crippen LogP contribution in [0.5, 0.6) is 5.75 Å². The van der Waals surface area contributed by atoms with E-state index in [-0.39, 0.29) is 12.5 Å².